The maximum atomic E-state index is 14.2. The summed E-state index contributed by atoms with van der Waals surface area (Å²) in [6.45, 7) is 18.2. The maximum absolute atomic E-state index is 14.2. The van der Waals surface area contributed by atoms with Gasteiger partial charge in [-0.1, -0.05) is 66.7 Å². The quantitative estimate of drug-likeness (QED) is 0.0399. The fourth-order valence-corrected chi connectivity index (χ4v) is 14.9. The number of nitrogens with two attached hydrogens (primary N) is 8. The van der Waals surface area contributed by atoms with E-state index in [-0.39, 0.29) is 78.5 Å². The van der Waals surface area contributed by atoms with E-state index < -0.39 is 121 Å². The van der Waals surface area contributed by atoms with E-state index in [1.807, 2.05) is 19.1 Å². The molecule has 5 unspecified atom stereocenters. The predicted molar refractivity (Wildman–Crippen MR) is 442 cm³/mol. The number of benzene rings is 10. The summed E-state index contributed by atoms with van der Waals surface area (Å²) in [6, 6.07) is 36.9. The highest BCUT2D eigenvalue weighted by Gasteiger charge is 2.72. The second kappa shape index (κ2) is 33.2. The van der Waals surface area contributed by atoms with Gasteiger partial charge in [0.25, 0.3) is 5.60 Å². The fourth-order valence-electron chi connectivity index (χ4n) is 14.9. The third-order valence-corrected chi connectivity index (χ3v) is 23.0. The Hall–Kier alpha value is -11.2. The van der Waals surface area contributed by atoms with Crippen molar-refractivity contribution in [1.82, 2.24) is 0 Å². The molecule has 0 aromatic heterocycles. The maximum Gasteiger partial charge on any atom is 0.430 e. The molecular weight excluding hydrogens is 1700 g/mol. The molecule has 11 rings (SSSR count). The molecule has 5 atom stereocenters. The molecule has 1 aliphatic rings. The second-order valence-electron chi connectivity index (χ2n) is 32.8. The van der Waals surface area contributed by atoms with Gasteiger partial charge in [-0.15, -0.1) is 0 Å². The van der Waals surface area contributed by atoms with Crippen LogP contribution < -0.4 is 45.9 Å². The van der Waals surface area contributed by atoms with Gasteiger partial charge < -0.3 is 81.6 Å². The van der Waals surface area contributed by atoms with Crippen molar-refractivity contribution in [3.63, 3.8) is 0 Å². The molecule has 15 nitrogen and oxygen atoms in total. The Kier molecular flexibility index (Phi) is 26.5. The van der Waals surface area contributed by atoms with Crippen molar-refractivity contribution >= 4 is 45.5 Å². The number of alkyl halides is 21. The van der Waals surface area contributed by atoms with Gasteiger partial charge in [-0.2, -0.15) is 92.2 Å². The summed E-state index contributed by atoms with van der Waals surface area (Å²) in [7, 11) is 0. The van der Waals surface area contributed by atoms with Gasteiger partial charge in [0, 0.05) is 84.4 Å². The van der Waals surface area contributed by atoms with Gasteiger partial charge in [0.05, 0.1) is 11.0 Å². The number of aliphatic hydroxyl groups is 7. The first kappa shape index (κ1) is 100. The monoisotopic (exact) mass is 1800 g/mol. The second-order valence-corrected chi connectivity index (χ2v) is 32.8. The van der Waals surface area contributed by atoms with Crippen molar-refractivity contribution in [2.24, 2.45) is 0 Å². The van der Waals surface area contributed by atoms with E-state index in [9.17, 15) is 128 Å². The third-order valence-electron chi connectivity index (χ3n) is 23.0. The summed E-state index contributed by atoms with van der Waals surface area (Å²) in [5.41, 5.74) is 24.6. The first-order valence-electron chi connectivity index (χ1n) is 37.8. The Bertz CT molecular complexity index is 5620. The van der Waals surface area contributed by atoms with Crippen LogP contribution in [0.25, 0.3) is 44.5 Å². The zero-order valence-corrected chi connectivity index (χ0v) is 70.1. The molecule has 0 heterocycles. The lowest BCUT2D eigenvalue weighted by molar-refractivity contribution is -0.376. The summed E-state index contributed by atoms with van der Waals surface area (Å²) in [5, 5.41) is 71.8. The molecular formula is C90H93F21N8O7. The number of nitrogen functional groups attached to an aromatic ring is 8. The Labute approximate surface area is 710 Å². The molecule has 0 aliphatic heterocycles. The number of halogens is 21. The van der Waals surface area contributed by atoms with Gasteiger partial charge >= 0.3 is 43.2 Å². The van der Waals surface area contributed by atoms with E-state index in [0.717, 1.165) is 41.0 Å². The lowest BCUT2D eigenvalue weighted by Crippen LogP contribution is -2.54. The molecule has 0 saturated carbocycles. The Morgan fingerprint density at radius 1 is 0.230 bits per heavy atom. The highest BCUT2D eigenvalue weighted by Crippen LogP contribution is 2.61. The highest BCUT2D eigenvalue weighted by molar-refractivity contribution is 5.88. The average molecular weight is 1800 g/mol. The van der Waals surface area contributed by atoms with Crippen LogP contribution in [0.2, 0.25) is 0 Å². The van der Waals surface area contributed by atoms with Gasteiger partial charge in [0.15, 0.2) is 28.0 Å². The van der Waals surface area contributed by atoms with Crippen LogP contribution in [-0.2, 0) is 44.6 Å². The Balaban J connectivity index is 0.000000214. The number of anilines is 8. The molecule has 10 aromatic rings. The predicted octanol–water partition coefficient (Wildman–Crippen LogP) is 20.6. The van der Waals surface area contributed by atoms with Crippen molar-refractivity contribution in [3.8, 4) is 44.5 Å². The molecule has 0 radical (unpaired) electrons. The normalized spacial score (nSPS) is 15.7. The van der Waals surface area contributed by atoms with Crippen LogP contribution >= 0.6 is 0 Å². The minimum absolute atomic E-state index is 0.0180. The topological polar surface area (TPSA) is 350 Å². The number of hydrogen-bond donors (Lipinski definition) is 15. The molecule has 36 heteroatoms. The largest absolute Gasteiger partial charge is 0.430 e. The first-order chi connectivity index (χ1) is 56.9. The molecule has 0 saturated heterocycles. The van der Waals surface area contributed by atoms with Crippen LogP contribution in [-0.4, -0.2) is 79.0 Å². The van der Waals surface area contributed by atoms with Crippen LogP contribution in [0.15, 0.2) is 152 Å². The van der Waals surface area contributed by atoms with Crippen LogP contribution in [0, 0.1) is 55.4 Å². The lowest BCUT2D eigenvalue weighted by atomic mass is 9.65. The molecule has 0 amide bonds. The summed E-state index contributed by atoms with van der Waals surface area (Å²) in [6.07, 6.45) is -37.3. The van der Waals surface area contributed by atoms with E-state index >= 15 is 0 Å². The fraction of sp³-hybridized carbons (Fsp3) is 0.333. The lowest BCUT2D eigenvalue weighted by Gasteiger charge is -2.38. The molecule has 23 N–H and O–H groups in total. The van der Waals surface area contributed by atoms with Crippen LogP contribution in [0.3, 0.4) is 0 Å². The van der Waals surface area contributed by atoms with E-state index in [1.54, 1.807) is 86.6 Å². The van der Waals surface area contributed by atoms with Crippen molar-refractivity contribution in [3.05, 3.63) is 257 Å². The van der Waals surface area contributed by atoms with Crippen molar-refractivity contribution in [1.29, 1.82) is 0 Å². The Morgan fingerprint density at radius 3 is 0.786 bits per heavy atom. The highest BCUT2D eigenvalue weighted by atomic mass is 19.4. The minimum Gasteiger partial charge on any atom is -0.399 e. The van der Waals surface area contributed by atoms with E-state index in [2.05, 4.69) is 0 Å². The number of rotatable bonds is 12. The summed E-state index contributed by atoms with van der Waals surface area (Å²) in [4.78, 5) is 0. The average Bonchev–Trinajstić information content (AvgIpc) is 1.51. The zero-order valence-electron chi connectivity index (χ0n) is 70.1. The zero-order chi connectivity index (χ0) is 96.4. The van der Waals surface area contributed by atoms with Crippen molar-refractivity contribution < 1.29 is 128 Å². The molecule has 126 heavy (non-hydrogen) atoms. The SMILES string of the molecule is Cc1cc(-c2cc(C)c(N)c(C(C)(O)C(F)(F)F)c2)cc(C(C)(O)C(F)(F)F)c1N.Cc1cc(-c2cc(C)c(N)c(C(C)(O)C(F)(F)F)c2)ccc1N.Cc1cc(C2(c3cc(C)c(N)c(C(O)(C(F)(F)F)C(F)(F)F)c3)c3ccccc3-c3ccccc32)cc(C(C)(C)O)c1N.Cc1cc(N)c(C(C)(O)C(F)(F)F)cc1-c1cc(C(C)(O)C(F)(F)F)c(N)cc1C. The molecule has 10 aromatic carbocycles. The standard InChI is InChI=1S/C33H30F6N2O2.2C20H22F6N2O2.C17H19F3N2O/c1-17-13-19(15-25(27(17)40)29(3,4)42)30(23-11-7-5-9-21(23)22-10-6-8-12-24(22)30)20-14-18(2)28(41)26(16-20)31(43,32(34,35)36)33(37,38)39;1-9-5-15(27)13(17(3,29)19(21,22)23)7-11(9)12-8-14(16(28)6-10(12)2)18(4,30)20(24,25)26;1-9-5-11(7-13(15(9)27)17(3,29)19(21,22)23)12-6-10(2)16(28)14(8-12)18(4,30)20(24,25)26;1-9-6-11(4-5-14(9)21)12-7-10(2)15(22)13(8-12)16(3,23)17(18,19)20/h5-16,42-43H,40-41H2,1-4H3;2*5-8,29-30H,27-28H2,1-4H3;4-8,23H,21-22H2,1-3H3. The van der Waals surface area contributed by atoms with Crippen molar-refractivity contribution in [2.45, 2.75) is 192 Å². The summed E-state index contributed by atoms with van der Waals surface area (Å²) >= 11 is 0. The van der Waals surface area contributed by atoms with Gasteiger partial charge in [0.1, 0.15) is 0 Å². The molecule has 0 fully saturated rings. The van der Waals surface area contributed by atoms with Crippen LogP contribution in [0.1, 0.15) is 154 Å². The van der Waals surface area contributed by atoms with E-state index in [4.69, 9.17) is 45.9 Å². The van der Waals surface area contributed by atoms with Gasteiger partial charge in [-0.25, -0.2) is 0 Å². The Morgan fingerprint density at radius 2 is 0.492 bits per heavy atom. The van der Waals surface area contributed by atoms with Crippen LogP contribution in [0.5, 0.6) is 0 Å². The summed E-state index contributed by atoms with van der Waals surface area (Å²) < 4.78 is 285. The van der Waals surface area contributed by atoms with E-state index in [1.165, 1.54) is 84.9 Å². The molecule has 0 spiro atoms. The van der Waals surface area contributed by atoms with Crippen LogP contribution in [0.4, 0.5) is 138 Å². The van der Waals surface area contributed by atoms with E-state index in [0.29, 0.717) is 108 Å². The number of aryl methyl sites for hydroxylation is 8. The summed E-state index contributed by atoms with van der Waals surface area (Å²) in [5.74, 6) is 0. The van der Waals surface area contributed by atoms with Gasteiger partial charge in [-0.05, 0) is 300 Å². The third kappa shape index (κ3) is 17.9. The van der Waals surface area contributed by atoms with Gasteiger partial charge in [0.2, 0.25) is 0 Å². The smallest absolute Gasteiger partial charge is 0.399 e. The first-order valence-corrected chi connectivity index (χ1v) is 37.8. The van der Waals surface area contributed by atoms with Crippen molar-refractivity contribution in [2.75, 3.05) is 45.9 Å². The van der Waals surface area contributed by atoms with Gasteiger partial charge in [-0.3, -0.25) is 0 Å². The molecule has 0 bridgehead atoms. The molecule has 682 valence electrons. The number of hydrogen-bond acceptors (Lipinski definition) is 15. The molecule has 1 aliphatic carbocycles. The minimum atomic E-state index is -6.14. The number of fused-ring (bicyclic) bond motifs is 3.